The van der Waals surface area contributed by atoms with Crippen LogP contribution in [0.15, 0.2) is 12.2 Å². The van der Waals surface area contributed by atoms with Gasteiger partial charge in [-0.2, -0.15) is 0 Å². The molecule has 0 saturated heterocycles. The molecule has 0 aromatic carbocycles. The number of carboxylic acid groups (broad SMARTS) is 1. The predicted molar refractivity (Wildman–Crippen MR) is 227 cm³/mol. The smallest absolute Gasteiger partial charge is 0.306 e. The standard InChI is InChI=1S/C48H92O4/c1-3-5-7-9-11-13-15-17-18-19-20-21-22-23-24-26-28-30-32-37-41-45-48(51)52-46(43-39-35-33-36-40-44-47(49)50)42-38-34-31-29-27-25-16-14-12-10-8-6-4-2/h19-20,46H,3-18,21-45H2,1-2H3,(H,49,50)/b20-19-. The Morgan fingerprint density at radius 2 is 0.692 bits per heavy atom. The number of carboxylic acids is 1. The van der Waals surface area contributed by atoms with Crippen LogP contribution >= 0.6 is 0 Å². The van der Waals surface area contributed by atoms with Gasteiger partial charge in [0.15, 0.2) is 0 Å². The molecule has 0 aromatic rings. The van der Waals surface area contributed by atoms with E-state index in [0.717, 1.165) is 64.2 Å². The number of carbonyl (C=O) groups excluding carboxylic acids is 1. The van der Waals surface area contributed by atoms with Gasteiger partial charge in [-0.25, -0.2) is 0 Å². The topological polar surface area (TPSA) is 63.6 Å². The minimum atomic E-state index is -0.696. The fraction of sp³-hybridized carbons (Fsp3) is 0.917. The van der Waals surface area contributed by atoms with Crippen molar-refractivity contribution in [3.63, 3.8) is 0 Å². The minimum absolute atomic E-state index is 0.00741. The van der Waals surface area contributed by atoms with Crippen LogP contribution in [0.4, 0.5) is 0 Å². The van der Waals surface area contributed by atoms with Gasteiger partial charge in [-0.1, -0.05) is 212 Å². The molecule has 0 saturated carbocycles. The van der Waals surface area contributed by atoms with E-state index in [9.17, 15) is 9.59 Å². The van der Waals surface area contributed by atoms with Crippen molar-refractivity contribution < 1.29 is 19.4 Å². The normalized spacial score (nSPS) is 12.2. The highest BCUT2D eigenvalue weighted by Gasteiger charge is 2.14. The first kappa shape index (κ1) is 50.7. The zero-order chi connectivity index (χ0) is 37.8. The van der Waals surface area contributed by atoms with E-state index in [1.165, 1.54) is 186 Å². The van der Waals surface area contributed by atoms with Crippen LogP contribution in [-0.4, -0.2) is 23.1 Å². The molecule has 0 fully saturated rings. The lowest BCUT2D eigenvalue weighted by Crippen LogP contribution is -2.18. The fourth-order valence-electron chi connectivity index (χ4n) is 7.48. The number of allylic oxidation sites excluding steroid dienone is 2. The van der Waals surface area contributed by atoms with Crippen LogP contribution in [0.3, 0.4) is 0 Å². The van der Waals surface area contributed by atoms with Crippen LogP contribution in [-0.2, 0) is 14.3 Å². The average Bonchev–Trinajstić information content (AvgIpc) is 3.13. The minimum Gasteiger partial charge on any atom is -0.481 e. The highest BCUT2D eigenvalue weighted by molar-refractivity contribution is 5.69. The second-order valence-corrected chi connectivity index (χ2v) is 16.3. The first-order valence-electron chi connectivity index (χ1n) is 23.7. The maximum absolute atomic E-state index is 12.7. The Morgan fingerprint density at radius 1 is 0.404 bits per heavy atom. The quantitative estimate of drug-likeness (QED) is 0.0385. The third kappa shape index (κ3) is 43.1. The fourth-order valence-corrected chi connectivity index (χ4v) is 7.48. The van der Waals surface area contributed by atoms with Crippen molar-refractivity contribution in [2.24, 2.45) is 0 Å². The summed E-state index contributed by atoms with van der Waals surface area (Å²) in [7, 11) is 0. The molecule has 4 heteroatoms. The molecule has 0 rings (SSSR count). The van der Waals surface area contributed by atoms with Gasteiger partial charge in [0.1, 0.15) is 6.10 Å². The third-order valence-electron chi connectivity index (χ3n) is 11.0. The van der Waals surface area contributed by atoms with E-state index in [4.69, 9.17) is 9.84 Å². The van der Waals surface area contributed by atoms with Crippen molar-refractivity contribution >= 4 is 11.9 Å². The summed E-state index contributed by atoms with van der Waals surface area (Å²) in [5.41, 5.74) is 0. The van der Waals surface area contributed by atoms with Crippen molar-refractivity contribution in [3.05, 3.63) is 12.2 Å². The maximum Gasteiger partial charge on any atom is 0.306 e. The molecule has 0 aromatic heterocycles. The monoisotopic (exact) mass is 733 g/mol. The van der Waals surface area contributed by atoms with Crippen LogP contribution in [0.1, 0.15) is 277 Å². The first-order chi connectivity index (χ1) is 25.6. The molecule has 308 valence electrons. The summed E-state index contributed by atoms with van der Waals surface area (Å²) in [5, 5.41) is 8.85. The number of carbonyl (C=O) groups is 2. The number of unbranched alkanes of at least 4 members (excludes halogenated alkanes) is 33. The zero-order valence-corrected chi connectivity index (χ0v) is 35.4. The van der Waals surface area contributed by atoms with Crippen molar-refractivity contribution in [2.45, 2.75) is 283 Å². The van der Waals surface area contributed by atoms with E-state index in [2.05, 4.69) is 26.0 Å². The summed E-state index contributed by atoms with van der Waals surface area (Å²) < 4.78 is 6.04. The van der Waals surface area contributed by atoms with E-state index in [1.807, 2.05) is 0 Å². The lowest BCUT2D eigenvalue weighted by Gasteiger charge is -2.18. The van der Waals surface area contributed by atoms with Gasteiger partial charge < -0.3 is 9.84 Å². The van der Waals surface area contributed by atoms with E-state index in [-0.39, 0.29) is 18.5 Å². The van der Waals surface area contributed by atoms with Crippen LogP contribution in [0.5, 0.6) is 0 Å². The van der Waals surface area contributed by atoms with Gasteiger partial charge in [0.05, 0.1) is 0 Å². The van der Waals surface area contributed by atoms with Crippen molar-refractivity contribution in [1.82, 2.24) is 0 Å². The molecule has 0 heterocycles. The maximum atomic E-state index is 12.7. The molecule has 52 heavy (non-hydrogen) atoms. The van der Waals surface area contributed by atoms with Crippen molar-refractivity contribution in [3.8, 4) is 0 Å². The van der Waals surface area contributed by atoms with Crippen molar-refractivity contribution in [1.29, 1.82) is 0 Å². The summed E-state index contributed by atoms with van der Waals surface area (Å²) in [6.45, 7) is 4.57. The molecule has 1 atom stereocenters. The molecule has 1 unspecified atom stereocenters. The summed E-state index contributed by atoms with van der Waals surface area (Å²) >= 11 is 0. The molecule has 0 amide bonds. The van der Waals surface area contributed by atoms with Gasteiger partial charge in [0, 0.05) is 12.8 Å². The largest absolute Gasteiger partial charge is 0.481 e. The van der Waals surface area contributed by atoms with Crippen LogP contribution in [0.25, 0.3) is 0 Å². The van der Waals surface area contributed by atoms with E-state index in [1.54, 1.807) is 0 Å². The molecule has 0 aliphatic carbocycles. The van der Waals surface area contributed by atoms with E-state index in [0.29, 0.717) is 6.42 Å². The molecular weight excluding hydrogens is 641 g/mol. The highest BCUT2D eigenvalue weighted by atomic mass is 16.5. The lowest BCUT2D eigenvalue weighted by molar-refractivity contribution is -0.150. The van der Waals surface area contributed by atoms with E-state index >= 15 is 0 Å². The molecule has 0 radical (unpaired) electrons. The van der Waals surface area contributed by atoms with Gasteiger partial charge in [-0.15, -0.1) is 0 Å². The lowest BCUT2D eigenvalue weighted by atomic mass is 10.0. The Labute approximate surface area is 325 Å². The molecular formula is C48H92O4. The Kier molecular flexibility index (Phi) is 43.0. The molecule has 1 N–H and O–H groups in total. The number of hydrogen-bond donors (Lipinski definition) is 1. The number of esters is 1. The Morgan fingerprint density at radius 3 is 1.04 bits per heavy atom. The summed E-state index contributed by atoms with van der Waals surface area (Å²) in [5.74, 6) is -0.689. The zero-order valence-electron chi connectivity index (χ0n) is 35.4. The Bertz CT molecular complexity index is 747. The predicted octanol–water partition coefficient (Wildman–Crippen LogP) is 16.6. The Hall–Kier alpha value is -1.32. The molecule has 0 bridgehead atoms. The summed E-state index contributed by atoms with van der Waals surface area (Å²) in [6, 6.07) is 0. The van der Waals surface area contributed by atoms with Gasteiger partial charge in [0.2, 0.25) is 0 Å². The van der Waals surface area contributed by atoms with Gasteiger partial charge in [0.25, 0.3) is 0 Å². The highest BCUT2D eigenvalue weighted by Crippen LogP contribution is 2.19. The molecule has 4 nitrogen and oxygen atoms in total. The van der Waals surface area contributed by atoms with Gasteiger partial charge >= 0.3 is 11.9 Å². The number of rotatable bonds is 44. The number of hydrogen-bond acceptors (Lipinski definition) is 3. The number of aliphatic carboxylic acids is 1. The van der Waals surface area contributed by atoms with Crippen molar-refractivity contribution in [2.75, 3.05) is 0 Å². The molecule has 0 aliphatic heterocycles. The summed E-state index contributed by atoms with van der Waals surface area (Å²) in [4.78, 5) is 23.5. The van der Waals surface area contributed by atoms with Crippen LogP contribution in [0, 0.1) is 0 Å². The summed E-state index contributed by atoms with van der Waals surface area (Å²) in [6.07, 6.45) is 55.4. The van der Waals surface area contributed by atoms with Crippen LogP contribution in [0.2, 0.25) is 0 Å². The van der Waals surface area contributed by atoms with Gasteiger partial charge in [-0.05, 0) is 64.2 Å². The average molecular weight is 733 g/mol. The molecule has 0 spiro atoms. The van der Waals surface area contributed by atoms with Crippen LogP contribution < -0.4 is 0 Å². The SMILES string of the molecule is CCCCCCCCCC/C=C\CCCCCCCCCCCC(=O)OC(CCCCCCCCCCCCCCC)CCCCCCCC(=O)O. The Balaban J connectivity index is 3.90. The number of ether oxygens (including phenoxy) is 1. The second-order valence-electron chi connectivity index (χ2n) is 16.3. The molecule has 0 aliphatic rings. The van der Waals surface area contributed by atoms with Gasteiger partial charge in [-0.3, -0.25) is 9.59 Å². The van der Waals surface area contributed by atoms with E-state index < -0.39 is 5.97 Å². The second kappa shape index (κ2) is 44.1. The third-order valence-corrected chi connectivity index (χ3v) is 11.0. The first-order valence-corrected chi connectivity index (χ1v) is 23.7.